The van der Waals surface area contributed by atoms with Gasteiger partial charge in [-0.1, -0.05) is 35.4 Å². The zero-order valence-electron chi connectivity index (χ0n) is 15.7. The number of nitrogens with zero attached hydrogens (tertiary/aromatic N) is 5. The molecular weight excluding hydrogens is 362 g/mol. The summed E-state index contributed by atoms with van der Waals surface area (Å²) in [5.74, 6) is 2.68. The SMILES string of the molecule is CN(CC1CCS(=O)(=O)C1)c1nnnn1CC1CCC(c2ccccc2)C1. The first-order chi connectivity index (χ1) is 13.0. The van der Waals surface area contributed by atoms with Crippen molar-refractivity contribution in [3.63, 3.8) is 0 Å². The molecule has 1 saturated heterocycles. The van der Waals surface area contributed by atoms with Crippen molar-refractivity contribution in [2.24, 2.45) is 11.8 Å². The van der Waals surface area contributed by atoms with Gasteiger partial charge in [0.05, 0.1) is 11.5 Å². The Morgan fingerprint density at radius 1 is 1.15 bits per heavy atom. The van der Waals surface area contributed by atoms with Crippen LogP contribution in [0.3, 0.4) is 0 Å². The monoisotopic (exact) mass is 389 g/mol. The van der Waals surface area contributed by atoms with E-state index in [0.29, 0.717) is 24.1 Å². The number of sulfone groups is 1. The van der Waals surface area contributed by atoms with Crippen LogP contribution in [0.2, 0.25) is 0 Å². The predicted octanol–water partition coefficient (Wildman–Crippen LogP) is 2.13. The summed E-state index contributed by atoms with van der Waals surface area (Å²) in [6.45, 7) is 1.50. The lowest BCUT2D eigenvalue weighted by atomic mass is 9.96. The van der Waals surface area contributed by atoms with E-state index in [4.69, 9.17) is 0 Å². The third kappa shape index (κ3) is 4.31. The molecule has 7 nitrogen and oxygen atoms in total. The summed E-state index contributed by atoms with van der Waals surface area (Å²) in [5.41, 5.74) is 1.43. The van der Waals surface area contributed by atoms with Crippen LogP contribution < -0.4 is 4.90 Å². The Balaban J connectivity index is 1.36. The number of tetrazole rings is 1. The molecule has 1 aromatic heterocycles. The Hall–Kier alpha value is -1.96. The first-order valence-electron chi connectivity index (χ1n) is 9.73. The number of hydrogen-bond acceptors (Lipinski definition) is 6. The van der Waals surface area contributed by atoms with Crippen LogP contribution in [0.5, 0.6) is 0 Å². The van der Waals surface area contributed by atoms with Crippen molar-refractivity contribution in [2.45, 2.75) is 38.1 Å². The molecule has 0 spiro atoms. The minimum Gasteiger partial charge on any atom is -0.342 e. The van der Waals surface area contributed by atoms with E-state index in [1.165, 1.54) is 18.4 Å². The van der Waals surface area contributed by atoms with Crippen LogP contribution in [-0.4, -0.2) is 53.7 Å². The van der Waals surface area contributed by atoms with Gasteiger partial charge in [-0.15, -0.1) is 0 Å². The highest BCUT2D eigenvalue weighted by atomic mass is 32.2. The minimum atomic E-state index is -2.86. The lowest BCUT2D eigenvalue weighted by Crippen LogP contribution is -2.29. The number of aromatic nitrogens is 4. The lowest BCUT2D eigenvalue weighted by molar-refractivity contribution is 0.415. The second-order valence-electron chi connectivity index (χ2n) is 8.10. The van der Waals surface area contributed by atoms with Crippen molar-refractivity contribution in [3.8, 4) is 0 Å². The number of benzene rings is 1. The molecule has 0 N–H and O–H groups in total. The van der Waals surface area contributed by atoms with E-state index in [2.05, 4.69) is 45.9 Å². The molecule has 1 saturated carbocycles. The van der Waals surface area contributed by atoms with Crippen molar-refractivity contribution in [1.82, 2.24) is 20.2 Å². The Morgan fingerprint density at radius 3 is 2.70 bits per heavy atom. The summed E-state index contributed by atoms with van der Waals surface area (Å²) in [5, 5.41) is 12.3. The molecule has 4 rings (SSSR count). The smallest absolute Gasteiger partial charge is 0.245 e. The van der Waals surface area contributed by atoms with Crippen LogP contribution in [0.1, 0.15) is 37.2 Å². The van der Waals surface area contributed by atoms with Gasteiger partial charge >= 0.3 is 0 Å². The number of hydrogen-bond donors (Lipinski definition) is 0. The summed E-state index contributed by atoms with van der Waals surface area (Å²) >= 11 is 0. The van der Waals surface area contributed by atoms with Crippen molar-refractivity contribution >= 4 is 15.8 Å². The molecule has 2 aliphatic rings. The van der Waals surface area contributed by atoms with Gasteiger partial charge in [-0.25, -0.2) is 13.1 Å². The van der Waals surface area contributed by atoms with Gasteiger partial charge in [-0.3, -0.25) is 0 Å². The molecule has 2 heterocycles. The molecule has 1 aromatic carbocycles. The first kappa shape index (κ1) is 18.4. The zero-order chi connectivity index (χ0) is 18.9. The fraction of sp³-hybridized carbons (Fsp3) is 0.632. The van der Waals surface area contributed by atoms with Crippen molar-refractivity contribution in [3.05, 3.63) is 35.9 Å². The van der Waals surface area contributed by atoms with Crippen LogP contribution in [0.15, 0.2) is 30.3 Å². The van der Waals surface area contributed by atoms with Crippen molar-refractivity contribution < 1.29 is 8.42 Å². The molecule has 0 radical (unpaired) electrons. The summed E-state index contributed by atoms with van der Waals surface area (Å²) in [4.78, 5) is 2.01. The standard InChI is InChI=1S/C19H27N5O2S/c1-23(12-16-9-10-27(25,26)14-16)19-20-21-22-24(19)13-15-7-8-18(11-15)17-5-3-2-4-6-17/h2-6,15-16,18H,7-14H2,1H3. The van der Waals surface area contributed by atoms with E-state index >= 15 is 0 Å². The maximum absolute atomic E-state index is 11.7. The van der Waals surface area contributed by atoms with Gasteiger partial charge in [0, 0.05) is 20.1 Å². The second-order valence-corrected chi connectivity index (χ2v) is 10.3. The summed E-state index contributed by atoms with van der Waals surface area (Å²) in [7, 11) is -0.903. The highest BCUT2D eigenvalue weighted by molar-refractivity contribution is 7.91. The van der Waals surface area contributed by atoms with Gasteiger partial charge < -0.3 is 4.90 Å². The number of anilines is 1. The molecule has 8 heteroatoms. The fourth-order valence-corrected chi connectivity index (χ4v) is 6.44. The number of rotatable bonds is 6. The van der Waals surface area contributed by atoms with Gasteiger partial charge in [0.2, 0.25) is 5.95 Å². The Kier molecular flexibility index (Phi) is 5.16. The van der Waals surface area contributed by atoms with Crippen LogP contribution in [-0.2, 0) is 16.4 Å². The van der Waals surface area contributed by atoms with Gasteiger partial charge in [0.25, 0.3) is 0 Å². The molecule has 1 aliphatic heterocycles. The largest absolute Gasteiger partial charge is 0.342 e. The topological polar surface area (TPSA) is 81.0 Å². The average molecular weight is 390 g/mol. The van der Waals surface area contributed by atoms with E-state index in [1.807, 2.05) is 16.6 Å². The van der Waals surface area contributed by atoms with Crippen molar-refractivity contribution in [2.75, 3.05) is 30.0 Å². The highest BCUT2D eigenvalue weighted by Gasteiger charge is 2.30. The fourth-order valence-electron chi connectivity index (χ4n) is 4.59. The van der Waals surface area contributed by atoms with Crippen LogP contribution in [0.4, 0.5) is 5.95 Å². The summed E-state index contributed by atoms with van der Waals surface area (Å²) in [6.07, 6.45) is 4.29. The highest BCUT2D eigenvalue weighted by Crippen LogP contribution is 2.39. The van der Waals surface area contributed by atoms with Crippen molar-refractivity contribution in [1.29, 1.82) is 0 Å². The molecule has 2 fully saturated rings. The Bertz CT molecular complexity index is 867. The zero-order valence-corrected chi connectivity index (χ0v) is 16.6. The minimum absolute atomic E-state index is 0.166. The molecule has 1 aliphatic carbocycles. The Morgan fingerprint density at radius 2 is 1.96 bits per heavy atom. The summed E-state index contributed by atoms with van der Waals surface area (Å²) in [6, 6.07) is 10.7. The van der Waals surface area contributed by atoms with Crippen LogP contribution in [0.25, 0.3) is 0 Å². The van der Waals surface area contributed by atoms with E-state index in [-0.39, 0.29) is 11.7 Å². The summed E-state index contributed by atoms with van der Waals surface area (Å²) < 4.78 is 25.3. The molecule has 146 valence electrons. The maximum Gasteiger partial charge on any atom is 0.245 e. The Labute approximate surface area is 160 Å². The normalized spacial score (nSPS) is 27.1. The molecule has 27 heavy (non-hydrogen) atoms. The van der Waals surface area contributed by atoms with Gasteiger partial charge in [-0.05, 0) is 59.4 Å². The van der Waals surface area contributed by atoms with Crippen LogP contribution in [0, 0.1) is 11.8 Å². The van der Waals surface area contributed by atoms with E-state index in [0.717, 1.165) is 25.3 Å². The van der Waals surface area contributed by atoms with Gasteiger partial charge in [0.15, 0.2) is 9.84 Å². The molecule has 3 atom stereocenters. The molecule has 3 unspecified atom stereocenters. The maximum atomic E-state index is 11.7. The van der Waals surface area contributed by atoms with E-state index in [9.17, 15) is 8.42 Å². The first-order valence-corrected chi connectivity index (χ1v) is 11.5. The van der Waals surface area contributed by atoms with Crippen LogP contribution >= 0.6 is 0 Å². The third-order valence-corrected chi connectivity index (χ3v) is 7.79. The van der Waals surface area contributed by atoms with Gasteiger partial charge in [-0.2, -0.15) is 0 Å². The average Bonchev–Trinajstić information content (AvgIpc) is 3.37. The predicted molar refractivity (Wildman–Crippen MR) is 104 cm³/mol. The molecule has 2 aromatic rings. The lowest BCUT2D eigenvalue weighted by Gasteiger charge is -2.21. The third-order valence-electron chi connectivity index (χ3n) is 5.96. The molecule has 0 bridgehead atoms. The van der Waals surface area contributed by atoms with Gasteiger partial charge in [0.1, 0.15) is 0 Å². The van der Waals surface area contributed by atoms with E-state index in [1.54, 1.807) is 0 Å². The molecule has 0 amide bonds. The second kappa shape index (κ2) is 7.58. The molecular formula is C19H27N5O2S. The quantitative estimate of drug-likeness (QED) is 0.753. The van der Waals surface area contributed by atoms with E-state index < -0.39 is 9.84 Å².